The molecule has 0 saturated carbocycles. The van der Waals surface area contributed by atoms with E-state index in [9.17, 15) is 19.4 Å². The van der Waals surface area contributed by atoms with Crippen LogP contribution in [0, 0.1) is 11.3 Å². The Morgan fingerprint density at radius 3 is 1.78 bits per heavy atom. The van der Waals surface area contributed by atoms with Crippen molar-refractivity contribution in [3.63, 3.8) is 0 Å². The van der Waals surface area contributed by atoms with Crippen molar-refractivity contribution in [3.05, 3.63) is 193 Å². The number of hydrogen-bond donors (Lipinski definition) is 2. The Morgan fingerprint density at radius 2 is 1.20 bits per heavy atom. The number of nitrogens with one attached hydrogen (secondary N) is 2. The summed E-state index contributed by atoms with van der Waals surface area (Å²) >= 11 is 0. The number of rotatable bonds is 24. The SMILES string of the molecule is COc1ccc(C(OC[C@@H]2C[C@@H](OP(=O)(OCCC#N)OCCOCn3cnc4c(NC(=O)c5ccccc5)ncnc43)[C@H](n3cnc4c(NC(=O)c5ccccc5)ncnc43)O2)(c2ccccc2)c2ccc(OC)cc2)cc1. The summed E-state index contributed by atoms with van der Waals surface area (Å²) in [6, 6.07) is 44.3. The first kappa shape index (κ1) is 53.6. The number of nitrogens with zero attached hydrogens (tertiary/aromatic N) is 9. The largest absolute Gasteiger partial charge is 0.497 e. The highest BCUT2D eigenvalue weighted by Gasteiger charge is 2.46. The molecule has 0 bridgehead atoms. The van der Waals surface area contributed by atoms with Crippen LogP contribution in [0.3, 0.4) is 0 Å². The number of imidazole rings is 2. The molecule has 0 radical (unpaired) electrons. The van der Waals surface area contributed by atoms with E-state index in [2.05, 4.69) is 40.5 Å². The Labute approximate surface area is 452 Å². The Balaban J connectivity index is 0.921. The van der Waals surface area contributed by atoms with Crippen molar-refractivity contribution in [3.8, 4) is 17.6 Å². The van der Waals surface area contributed by atoms with Crippen molar-refractivity contribution in [1.82, 2.24) is 39.0 Å². The van der Waals surface area contributed by atoms with Crippen LogP contribution in [0.4, 0.5) is 11.6 Å². The minimum absolute atomic E-state index is 0.0493. The molecule has 10 rings (SSSR count). The molecule has 1 saturated heterocycles. The lowest BCUT2D eigenvalue weighted by atomic mass is 9.80. The van der Waals surface area contributed by atoms with Gasteiger partial charge in [-0.2, -0.15) is 5.26 Å². The highest BCUT2D eigenvalue weighted by Crippen LogP contribution is 2.54. The van der Waals surface area contributed by atoms with E-state index in [1.807, 2.05) is 91.0 Å². The predicted octanol–water partition coefficient (Wildman–Crippen LogP) is 8.90. The molecule has 1 aliphatic heterocycles. The maximum Gasteiger partial charge on any atom is 0.475 e. The molecule has 23 heteroatoms. The summed E-state index contributed by atoms with van der Waals surface area (Å²) < 4.78 is 67.4. The van der Waals surface area contributed by atoms with Gasteiger partial charge in [-0.15, -0.1) is 0 Å². The molecule has 0 aliphatic carbocycles. The molecular weight excluding hydrogens is 1030 g/mol. The van der Waals surface area contributed by atoms with Crippen LogP contribution in [0.5, 0.6) is 11.5 Å². The standard InChI is InChI=1S/C56H52N11O11P/c1-71-43-23-19-41(20-24-43)56(40-17-10-5-11-18-40,42-21-25-44(72-2)26-22-42)74-32-45-31-46(55(77-45)67-36-63-48-50(59-34-61-52(48)67)65-54(69)39-15-8-4-9-16-39)78-79(70,75-28-12-27-57)76-30-29-73-37-66-35-62-47-49(58-33-60-51(47)66)64-53(68)38-13-6-3-7-14-38/h3-11,13-26,33-36,45-46,55H,12,28-32,37H2,1-2H3,(H,58,60,64,68)(H,59,61,65,69)/t45-,46+,55+,79?/m0/s1. The highest BCUT2D eigenvalue weighted by atomic mass is 31.2. The maximum absolute atomic E-state index is 14.9. The van der Waals surface area contributed by atoms with Crippen LogP contribution < -0.4 is 20.1 Å². The van der Waals surface area contributed by atoms with Crippen molar-refractivity contribution < 1.29 is 51.4 Å². The van der Waals surface area contributed by atoms with E-state index in [-0.39, 0.29) is 74.7 Å². The normalized spacial score (nSPS) is 16.0. The first-order valence-electron chi connectivity index (χ1n) is 24.9. The van der Waals surface area contributed by atoms with Crippen molar-refractivity contribution in [1.29, 1.82) is 5.26 Å². The van der Waals surface area contributed by atoms with Gasteiger partial charge in [0.15, 0.2) is 40.2 Å². The molecule has 0 spiro atoms. The number of phosphoric ester groups is 1. The van der Waals surface area contributed by atoms with Gasteiger partial charge in [0.2, 0.25) is 0 Å². The number of carbonyl (C=O) groups excluding carboxylic acids is 2. The topological polar surface area (TPSA) is 260 Å². The zero-order valence-corrected chi connectivity index (χ0v) is 43.6. The molecule has 402 valence electrons. The third kappa shape index (κ3) is 12.0. The molecule has 5 heterocycles. The fourth-order valence-corrected chi connectivity index (χ4v) is 10.4. The third-order valence-electron chi connectivity index (χ3n) is 12.8. The van der Waals surface area contributed by atoms with Gasteiger partial charge in [0, 0.05) is 17.5 Å². The van der Waals surface area contributed by atoms with Crippen molar-refractivity contribution in [2.45, 2.75) is 43.6 Å². The fourth-order valence-electron chi connectivity index (χ4n) is 9.03. The highest BCUT2D eigenvalue weighted by molar-refractivity contribution is 7.48. The Morgan fingerprint density at radius 1 is 0.671 bits per heavy atom. The predicted molar refractivity (Wildman–Crippen MR) is 287 cm³/mol. The van der Waals surface area contributed by atoms with Crippen LogP contribution in [0.15, 0.2) is 165 Å². The number of hydrogen-bond acceptors (Lipinski definition) is 18. The Hall–Kier alpha value is -8.78. The molecular formula is C56H52N11O11P. The smallest absolute Gasteiger partial charge is 0.475 e. The molecule has 4 aromatic heterocycles. The molecule has 22 nitrogen and oxygen atoms in total. The lowest BCUT2D eigenvalue weighted by Gasteiger charge is -2.37. The van der Waals surface area contributed by atoms with Gasteiger partial charge < -0.3 is 34.3 Å². The third-order valence-corrected chi connectivity index (χ3v) is 14.3. The van der Waals surface area contributed by atoms with Gasteiger partial charge in [-0.05, 0) is 65.2 Å². The number of nitriles is 1. The first-order chi connectivity index (χ1) is 38.7. The van der Waals surface area contributed by atoms with Gasteiger partial charge in [-0.25, -0.2) is 34.5 Å². The van der Waals surface area contributed by atoms with E-state index in [4.69, 9.17) is 37.3 Å². The number of amides is 2. The maximum atomic E-state index is 14.9. The number of methoxy groups -OCH3 is 2. The molecule has 2 N–H and O–H groups in total. The Kier molecular flexibility index (Phi) is 16.8. The summed E-state index contributed by atoms with van der Waals surface area (Å²) in [4.78, 5) is 52.7. The molecule has 5 aromatic carbocycles. The van der Waals surface area contributed by atoms with E-state index in [1.165, 1.54) is 25.3 Å². The number of aromatic nitrogens is 8. The van der Waals surface area contributed by atoms with Crippen molar-refractivity contribution in [2.75, 3.05) is 51.3 Å². The minimum Gasteiger partial charge on any atom is -0.497 e. The van der Waals surface area contributed by atoms with E-state index >= 15 is 0 Å². The molecule has 1 fully saturated rings. The number of ether oxygens (including phenoxy) is 5. The van der Waals surface area contributed by atoms with Crippen LogP contribution in [0.1, 0.15) is 56.5 Å². The lowest BCUT2D eigenvalue weighted by Crippen LogP contribution is -2.35. The van der Waals surface area contributed by atoms with Gasteiger partial charge >= 0.3 is 7.82 Å². The van der Waals surface area contributed by atoms with Crippen LogP contribution in [0.2, 0.25) is 0 Å². The zero-order valence-electron chi connectivity index (χ0n) is 42.7. The zero-order chi connectivity index (χ0) is 54.6. The quantitative estimate of drug-likeness (QED) is 0.0325. The molecule has 79 heavy (non-hydrogen) atoms. The van der Waals surface area contributed by atoms with Crippen molar-refractivity contribution >= 4 is 53.6 Å². The van der Waals surface area contributed by atoms with Gasteiger partial charge in [0.05, 0.1) is 71.9 Å². The summed E-state index contributed by atoms with van der Waals surface area (Å²) in [6.07, 6.45) is 2.51. The number of anilines is 2. The average Bonchev–Trinajstić information content (AvgIpc) is 4.28. The van der Waals surface area contributed by atoms with Crippen LogP contribution >= 0.6 is 7.82 Å². The Bertz CT molecular complexity index is 3560. The number of fused-ring (bicyclic) bond motifs is 2. The molecule has 1 unspecified atom stereocenters. The first-order valence-corrected chi connectivity index (χ1v) is 26.4. The van der Waals surface area contributed by atoms with Crippen LogP contribution in [-0.4, -0.2) is 104 Å². The molecule has 9 aromatic rings. The molecule has 1 aliphatic rings. The van der Waals surface area contributed by atoms with Crippen LogP contribution in [0.25, 0.3) is 22.3 Å². The second kappa shape index (κ2) is 24.7. The second-order valence-corrected chi connectivity index (χ2v) is 19.3. The second-order valence-electron chi connectivity index (χ2n) is 17.7. The van der Waals surface area contributed by atoms with Crippen molar-refractivity contribution in [2.24, 2.45) is 0 Å². The summed E-state index contributed by atoms with van der Waals surface area (Å²) in [7, 11) is -1.36. The van der Waals surface area contributed by atoms with Gasteiger partial charge in [0.25, 0.3) is 11.8 Å². The fraction of sp³-hybridized carbons (Fsp3) is 0.232. The van der Waals surface area contributed by atoms with Gasteiger partial charge in [0.1, 0.15) is 42.6 Å². The summed E-state index contributed by atoms with van der Waals surface area (Å²) in [6.45, 7) is -0.810. The summed E-state index contributed by atoms with van der Waals surface area (Å²) in [5.41, 5.74) is 3.22. The van der Waals surface area contributed by atoms with Gasteiger partial charge in [-0.3, -0.25) is 32.3 Å². The number of carbonyl (C=O) groups is 2. The van der Waals surface area contributed by atoms with E-state index < -0.39 is 37.8 Å². The summed E-state index contributed by atoms with van der Waals surface area (Å²) in [5, 5.41) is 15.1. The monoisotopic (exact) mass is 1090 g/mol. The molecule has 4 atom stereocenters. The lowest BCUT2D eigenvalue weighted by molar-refractivity contribution is -0.0856. The van der Waals surface area contributed by atoms with Gasteiger partial charge in [-0.1, -0.05) is 91.0 Å². The summed E-state index contributed by atoms with van der Waals surface area (Å²) in [5.74, 6) is 0.883. The minimum atomic E-state index is -4.56. The van der Waals surface area contributed by atoms with E-state index in [1.54, 1.807) is 78.0 Å². The van der Waals surface area contributed by atoms with E-state index in [0.29, 0.717) is 33.8 Å². The number of phosphoric acid groups is 1. The number of benzene rings is 5. The van der Waals surface area contributed by atoms with E-state index in [0.717, 1.165) is 16.7 Å². The molecule has 2 amide bonds. The average molecular weight is 1090 g/mol. The van der Waals surface area contributed by atoms with Crippen LogP contribution in [-0.2, 0) is 44.7 Å².